The summed E-state index contributed by atoms with van der Waals surface area (Å²) in [6, 6.07) is 10.6. The fourth-order valence-electron chi connectivity index (χ4n) is 1.91. The van der Waals surface area contributed by atoms with E-state index in [1.54, 1.807) is 24.3 Å². The van der Waals surface area contributed by atoms with Crippen LogP contribution in [0.3, 0.4) is 0 Å². The lowest BCUT2D eigenvalue weighted by Gasteiger charge is -2.12. The molecule has 0 aliphatic rings. The molecule has 0 radical (unpaired) electrons. The Balaban J connectivity index is 2.46. The van der Waals surface area contributed by atoms with Gasteiger partial charge >= 0.3 is 0 Å². The Hall–Kier alpha value is -2.54. The molecule has 4 heteroatoms. The first-order valence-corrected chi connectivity index (χ1v) is 5.79. The topological polar surface area (TPSA) is 63.2 Å². The molecular weight excluding hydrogens is 242 g/mol. The van der Waals surface area contributed by atoms with Gasteiger partial charge in [-0.1, -0.05) is 17.7 Å². The van der Waals surface area contributed by atoms with E-state index in [0.717, 1.165) is 5.56 Å². The molecular formula is C15H13NO3. The summed E-state index contributed by atoms with van der Waals surface area (Å²) in [5.74, 6) is -0.593. The van der Waals surface area contributed by atoms with Gasteiger partial charge in [-0.2, -0.15) is 5.26 Å². The molecule has 2 aromatic rings. The van der Waals surface area contributed by atoms with Crippen LogP contribution < -0.4 is 4.74 Å². The molecule has 1 heterocycles. The summed E-state index contributed by atoms with van der Waals surface area (Å²) in [7, 11) is 1.51. The van der Waals surface area contributed by atoms with Crippen LogP contribution in [-0.2, 0) is 0 Å². The number of rotatable bonds is 4. The molecule has 0 saturated heterocycles. The molecule has 0 aliphatic carbocycles. The fraction of sp³-hybridized carbons (Fsp3) is 0.200. The molecule has 0 spiro atoms. The Morgan fingerprint density at radius 1 is 1.42 bits per heavy atom. The molecule has 19 heavy (non-hydrogen) atoms. The van der Waals surface area contributed by atoms with Gasteiger partial charge in [0.1, 0.15) is 11.7 Å². The van der Waals surface area contributed by atoms with Crippen LogP contribution in [0, 0.1) is 18.3 Å². The molecule has 2 rings (SSSR count). The van der Waals surface area contributed by atoms with Crippen molar-refractivity contribution < 1.29 is 13.9 Å². The number of nitriles is 1. The minimum atomic E-state index is -0.930. The van der Waals surface area contributed by atoms with Crippen LogP contribution in [0.25, 0.3) is 0 Å². The number of ether oxygens (including phenoxy) is 1. The highest BCUT2D eigenvalue weighted by molar-refractivity contribution is 6.01. The van der Waals surface area contributed by atoms with Crippen LogP contribution in [0.4, 0.5) is 0 Å². The van der Waals surface area contributed by atoms with Crippen molar-refractivity contribution in [3.63, 3.8) is 0 Å². The van der Waals surface area contributed by atoms with Crippen molar-refractivity contribution in [2.24, 2.45) is 0 Å². The second kappa shape index (κ2) is 5.40. The molecule has 1 unspecified atom stereocenters. The lowest BCUT2D eigenvalue weighted by atomic mass is 9.92. The molecule has 0 bridgehead atoms. The zero-order valence-corrected chi connectivity index (χ0v) is 10.7. The van der Waals surface area contributed by atoms with Gasteiger partial charge in [-0.05, 0) is 25.1 Å². The van der Waals surface area contributed by atoms with E-state index >= 15 is 0 Å². The number of carbonyl (C=O) groups is 1. The quantitative estimate of drug-likeness (QED) is 0.787. The summed E-state index contributed by atoms with van der Waals surface area (Å²) >= 11 is 0. The van der Waals surface area contributed by atoms with E-state index in [9.17, 15) is 10.1 Å². The summed E-state index contributed by atoms with van der Waals surface area (Å²) in [6.07, 6.45) is 1.41. The van der Waals surface area contributed by atoms with Crippen molar-refractivity contribution in [1.29, 1.82) is 5.26 Å². The largest absolute Gasteiger partial charge is 0.496 e. The minimum Gasteiger partial charge on any atom is -0.496 e. The molecule has 0 N–H and O–H groups in total. The molecule has 0 aliphatic heterocycles. The second-order valence-corrected chi connectivity index (χ2v) is 4.15. The Morgan fingerprint density at radius 3 is 2.79 bits per heavy atom. The second-order valence-electron chi connectivity index (χ2n) is 4.15. The van der Waals surface area contributed by atoms with E-state index in [-0.39, 0.29) is 11.5 Å². The minimum absolute atomic E-state index is 0.176. The van der Waals surface area contributed by atoms with E-state index in [1.165, 1.54) is 13.4 Å². The number of aryl methyl sites for hydroxylation is 1. The van der Waals surface area contributed by atoms with Crippen LogP contribution in [-0.4, -0.2) is 12.9 Å². The number of nitrogens with zero attached hydrogens (tertiary/aromatic N) is 1. The first-order chi connectivity index (χ1) is 9.17. The van der Waals surface area contributed by atoms with Gasteiger partial charge in [0.2, 0.25) is 5.78 Å². The van der Waals surface area contributed by atoms with Gasteiger partial charge in [0, 0.05) is 5.56 Å². The van der Waals surface area contributed by atoms with Crippen molar-refractivity contribution in [2.75, 3.05) is 7.11 Å². The van der Waals surface area contributed by atoms with Crippen molar-refractivity contribution in [2.45, 2.75) is 12.8 Å². The monoisotopic (exact) mass is 255 g/mol. The third kappa shape index (κ3) is 2.50. The number of methoxy groups -OCH3 is 1. The van der Waals surface area contributed by atoms with Gasteiger partial charge in [-0.15, -0.1) is 0 Å². The zero-order chi connectivity index (χ0) is 13.8. The van der Waals surface area contributed by atoms with Crippen molar-refractivity contribution in [3.8, 4) is 11.8 Å². The lowest BCUT2D eigenvalue weighted by molar-refractivity contribution is 0.0951. The maximum atomic E-state index is 12.2. The molecule has 96 valence electrons. The Bertz CT molecular complexity index is 623. The van der Waals surface area contributed by atoms with Gasteiger partial charge in [0.25, 0.3) is 0 Å². The standard InChI is InChI=1S/C15H13NO3/c1-10-5-6-13(18-2)11(8-10)12(9-16)15(17)14-4-3-7-19-14/h3-8,12H,1-2H3. The smallest absolute Gasteiger partial charge is 0.219 e. The number of hydrogen-bond acceptors (Lipinski definition) is 4. The van der Waals surface area contributed by atoms with Gasteiger partial charge < -0.3 is 9.15 Å². The van der Waals surface area contributed by atoms with E-state index in [4.69, 9.17) is 9.15 Å². The van der Waals surface area contributed by atoms with Crippen LogP contribution in [0.1, 0.15) is 27.6 Å². The molecule has 4 nitrogen and oxygen atoms in total. The van der Waals surface area contributed by atoms with Crippen LogP contribution in [0.2, 0.25) is 0 Å². The Morgan fingerprint density at radius 2 is 2.21 bits per heavy atom. The van der Waals surface area contributed by atoms with Crippen molar-refractivity contribution >= 4 is 5.78 Å². The summed E-state index contributed by atoms with van der Waals surface area (Å²) in [6.45, 7) is 1.90. The highest BCUT2D eigenvalue weighted by atomic mass is 16.5. The van der Waals surface area contributed by atoms with E-state index in [0.29, 0.717) is 11.3 Å². The van der Waals surface area contributed by atoms with E-state index < -0.39 is 5.92 Å². The normalized spacial score (nSPS) is 11.6. The number of hydrogen-bond donors (Lipinski definition) is 0. The van der Waals surface area contributed by atoms with E-state index in [2.05, 4.69) is 0 Å². The Kier molecular flexibility index (Phi) is 3.67. The van der Waals surface area contributed by atoms with Crippen LogP contribution >= 0.6 is 0 Å². The van der Waals surface area contributed by atoms with Crippen molar-refractivity contribution in [1.82, 2.24) is 0 Å². The first kappa shape index (κ1) is 12.9. The number of benzene rings is 1. The molecule has 0 saturated carbocycles. The number of furan rings is 1. The summed E-state index contributed by atoms with van der Waals surface area (Å²) in [5, 5.41) is 9.29. The third-order valence-corrected chi connectivity index (χ3v) is 2.85. The maximum Gasteiger partial charge on any atom is 0.219 e. The molecule has 1 aromatic carbocycles. The molecule has 0 fully saturated rings. The molecule has 1 aromatic heterocycles. The van der Waals surface area contributed by atoms with Crippen LogP contribution in [0.5, 0.6) is 5.75 Å². The maximum absolute atomic E-state index is 12.2. The number of ketones is 1. The van der Waals surface area contributed by atoms with Gasteiger partial charge in [-0.3, -0.25) is 4.79 Å². The number of Topliss-reactive ketones (excluding diaryl/α,β-unsaturated/α-hetero) is 1. The summed E-state index contributed by atoms with van der Waals surface area (Å²) < 4.78 is 10.3. The van der Waals surface area contributed by atoms with Gasteiger partial charge in [-0.25, -0.2) is 0 Å². The number of carbonyl (C=O) groups excluding carboxylic acids is 1. The van der Waals surface area contributed by atoms with Gasteiger partial charge in [0.15, 0.2) is 5.76 Å². The third-order valence-electron chi connectivity index (χ3n) is 2.85. The van der Waals surface area contributed by atoms with Gasteiger partial charge in [0.05, 0.1) is 19.4 Å². The lowest BCUT2D eigenvalue weighted by Crippen LogP contribution is -2.12. The first-order valence-electron chi connectivity index (χ1n) is 5.79. The highest BCUT2D eigenvalue weighted by Gasteiger charge is 2.26. The summed E-state index contributed by atoms with van der Waals surface area (Å²) in [4.78, 5) is 12.2. The fourth-order valence-corrected chi connectivity index (χ4v) is 1.91. The van der Waals surface area contributed by atoms with Crippen LogP contribution in [0.15, 0.2) is 41.0 Å². The average Bonchev–Trinajstić information content (AvgIpc) is 2.93. The molecule has 0 amide bonds. The Labute approximate surface area is 111 Å². The molecule has 1 atom stereocenters. The predicted molar refractivity (Wildman–Crippen MR) is 69.1 cm³/mol. The van der Waals surface area contributed by atoms with E-state index in [1.807, 2.05) is 19.1 Å². The summed E-state index contributed by atoms with van der Waals surface area (Å²) in [5.41, 5.74) is 1.52. The SMILES string of the molecule is COc1ccc(C)cc1C(C#N)C(=O)c1ccco1. The predicted octanol–water partition coefficient (Wildman–Crippen LogP) is 3.09. The zero-order valence-electron chi connectivity index (χ0n) is 10.7. The average molecular weight is 255 g/mol. The highest BCUT2D eigenvalue weighted by Crippen LogP contribution is 2.30. The van der Waals surface area contributed by atoms with Crippen molar-refractivity contribution in [3.05, 3.63) is 53.5 Å².